The number of unbranched alkanes of at least 4 members (excludes halogenated alkanes) is 1. The third-order valence-electron chi connectivity index (χ3n) is 0.797. The average molecular weight is 130 g/mol. The summed E-state index contributed by atoms with van der Waals surface area (Å²) in [6.07, 6.45) is 2.75. The molecule has 0 aliphatic heterocycles. The lowest BCUT2D eigenvalue weighted by atomic mass is 10.3. The van der Waals surface area contributed by atoms with E-state index in [0.29, 0.717) is 25.7 Å². The van der Waals surface area contributed by atoms with E-state index in [4.69, 9.17) is 4.74 Å². The van der Waals surface area contributed by atoms with Crippen LogP contribution in [0.2, 0.25) is 0 Å². The Balaban J connectivity index is 2.74. The first-order valence-electron chi connectivity index (χ1n) is 2.87. The molecule has 0 bridgehead atoms. The molecule has 0 aliphatic carbocycles. The van der Waals surface area contributed by atoms with Crippen molar-refractivity contribution in [2.24, 2.45) is 0 Å². The van der Waals surface area contributed by atoms with Gasteiger partial charge in [0.1, 0.15) is 19.2 Å². The summed E-state index contributed by atoms with van der Waals surface area (Å²) in [5.41, 5.74) is 0. The van der Waals surface area contributed by atoms with Gasteiger partial charge in [-0.05, 0) is 6.42 Å². The van der Waals surface area contributed by atoms with Crippen LogP contribution in [0.4, 0.5) is 0 Å². The van der Waals surface area contributed by atoms with Gasteiger partial charge < -0.3 is 14.3 Å². The van der Waals surface area contributed by atoms with Crippen LogP contribution in [0, 0.1) is 0 Å². The van der Waals surface area contributed by atoms with Gasteiger partial charge in [-0.2, -0.15) is 0 Å². The van der Waals surface area contributed by atoms with Crippen LogP contribution in [0.5, 0.6) is 0 Å². The molecule has 0 aromatic heterocycles. The molecule has 0 N–H and O–H groups in total. The first-order valence-corrected chi connectivity index (χ1v) is 2.87. The lowest BCUT2D eigenvalue weighted by Gasteiger charge is -1.93. The normalized spacial score (nSPS) is 8.89. The third kappa shape index (κ3) is 7.30. The van der Waals surface area contributed by atoms with Gasteiger partial charge in [0.15, 0.2) is 0 Å². The molecule has 0 radical (unpaired) electrons. The van der Waals surface area contributed by atoms with E-state index >= 15 is 0 Å². The molecular weight excluding hydrogens is 120 g/mol. The molecule has 3 nitrogen and oxygen atoms in total. The smallest absolute Gasteiger partial charge is 0.145 e. The first kappa shape index (κ1) is 8.30. The molecule has 52 valence electrons. The Morgan fingerprint density at radius 2 is 2.00 bits per heavy atom. The highest BCUT2D eigenvalue weighted by Crippen LogP contribution is 1.84. The van der Waals surface area contributed by atoms with Crippen molar-refractivity contribution in [1.29, 1.82) is 0 Å². The molecule has 0 aromatic rings. The SMILES string of the molecule is O=CCCCOCC=O. The summed E-state index contributed by atoms with van der Waals surface area (Å²) in [5, 5.41) is 0. The van der Waals surface area contributed by atoms with Gasteiger partial charge >= 0.3 is 0 Å². The van der Waals surface area contributed by atoms with Crippen molar-refractivity contribution in [1.82, 2.24) is 0 Å². The number of carbonyl (C=O) groups excluding carboxylic acids is 2. The minimum Gasteiger partial charge on any atom is -0.374 e. The van der Waals surface area contributed by atoms with Crippen LogP contribution >= 0.6 is 0 Å². The molecule has 0 aliphatic rings. The minimum absolute atomic E-state index is 0.138. The molecule has 0 rings (SSSR count). The van der Waals surface area contributed by atoms with E-state index in [1.54, 1.807) is 0 Å². The van der Waals surface area contributed by atoms with Crippen molar-refractivity contribution >= 4 is 12.6 Å². The number of ether oxygens (including phenoxy) is 1. The van der Waals surface area contributed by atoms with Crippen molar-refractivity contribution in [2.45, 2.75) is 12.8 Å². The van der Waals surface area contributed by atoms with E-state index < -0.39 is 0 Å². The molecule has 3 heteroatoms. The van der Waals surface area contributed by atoms with Gasteiger partial charge in [-0.25, -0.2) is 0 Å². The Morgan fingerprint density at radius 3 is 2.56 bits per heavy atom. The van der Waals surface area contributed by atoms with Crippen LogP contribution in [0.15, 0.2) is 0 Å². The van der Waals surface area contributed by atoms with Crippen molar-refractivity contribution in [3.05, 3.63) is 0 Å². The molecule has 0 aromatic carbocycles. The molecule has 0 saturated heterocycles. The molecular formula is C6H10O3. The van der Waals surface area contributed by atoms with Gasteiger partial charge in [0, 0.05) is 13.0 Å². The molecule has 0 spiro atoms. The lowest BCUT2D eigenvalue weighted by molar-refractivity contribution is -0.111. The van der Waals surface area contributed by atoms with Crippen LogP contribution < -0.4 is 0 Å². The zero-order chi connectivity index (χ0) is 6.95. The highest BCUT2D eigenvalue weighted by Gasteiger charge is 1.84. The highest BCUT2D eigenvalue weighted by molar-refractivity contribution is 5.50. The van der Waals surface area contributed by atoms with Crippen molar-refractivity contribution in [2.75, 3.05) is 13.2 Å². The molecule has 0 atom stereocenters. The summed E-state index contributed by atoms with van der Waals surface area (Å²) in [4.78, 5) is 19.4. The van der Waals surface area contributed by atoms with Crippen molar-refractivity contribution in [3.8, 4) is 0 Å². The van der Waals surface area contributed by atoms with Gasteiger partial charge in [0.2, 0.25) is 0 Å². The van der Waals surface area contributed by atoms with E-state index in [2.05, 4.69) is 0 Å². The van der Waals surface area contributed by atoms with Gasteiger partial charge in [0.25, 0.3) is 0 Å². The zero-order valence-electron chi connectivity index (χ0n) is 5.21. The lowest BCUT2D eigenvalue weighted by Crippen LogP contribution is -1.97. The molecule has 0 unspecified atom stereocenters. The van der Waals surface area contributed by atoms with Crippen LogP contribution in [-0.2, 0) is 14.3 Å². The predicted octanol–water partition coefficient (Wildman–Crippen LogP) is 0.181. The third-order valence-corrected chi connectivity index (χ3v) is 0.797. The Bertz CT molecular complexity index is 70.4. The maximum atomic E-state index is 9.71. The molecule has 0 saturated carbocycles. The van der Waals surface area contributed by atoms with E-state index in [-0.39, 0.29) is 6.61 Å². The summed E-state index contributed by atoms with van der Waals surface area (Å²) in [6.45, 7) is 0.635. The van der Waals surface area contributed by atoms with Crippen LogP contribution in [0.25, 0.3) is 0 Å². The molecule has 0 amide bonds. The minimum atomic E-state index is 0.138. The van der Waals surface area contributed by atoms with Gasteiger partial charge in [0.05, 0.1) is 0 Å². The summed E-state index contributed by atoms with van der Waals surface area (Å²) in [6, 6.07) is 0. The number of aldehydes is 2. The van der Waals surface area contributed by atoms with E-state index in [1.165, 1.54) is 0 Å². The quantitative estimate of drug-likeness (QED) is 0.380. The maximum Gasteiger partial charge on any atom is 0.145 e. The van der Waals surface area contributed by atoms with Gasteiger partial charge in [-0.1, -0.05) is 0 Å². The highest BCUT2D eigenvalue weighted by atomic mass is 16.5. The molecule has 0 heterocycles. The van der Waals surface area contributed by atoms with Gasteiger partial charge in [-0.15, -0.1) is 0 Å². The first-order chi connectivity index (χ1) is 4.41. The average Bonchev–Trinajstić information content (AvgIpc) is 1.89. The summed E-state index contributed by atoms with van der Waals surface area (Å²) in [5.74, 6) is 0. The topological polar surface area (TPSA) is 43.4 Å². The van der Waals surface area contributed by atoms with E-state index in [0.717, 1.165) is 6.29 Å². The van der Waals surface area contributed by atoms with Crippen molar-refractivity contribution < 1.29 is 14.3 Å². The second-order valence-corrected chi connectivity index (χ2v) is 1.55. The van der Waals surface area contributed by atoms with Crippen LogP contribution in [-0.4, -0.2) is 25.8 Å². The number of carbonyl (C=O) groups is 2. The van der Waals surface area contributed by atoms with E-state index in [1.807, 2.05) is 0 Å². The number of rotatable bonds is 6. The summed E-state index contributed by atoms with van der Waals surface area (Å²) < 4.78 is 4.76. The number of hydrogen-bond acceptors (Lipinski definition) is 3. The fourth-order valence-corrected chi connectivity index (χ4v) is 0.400. The Hall–Kier alpha value is -0.700. The number of hydrogen-bond donors (Lipinski definition) is 0. The Labute approximate surface area is 54.0 Å². The van der Waals surface area contributed by atoms with Crippen molar-refractivity contribution in [3.63, 3.8) is 0 Å². The van der Waals surface area contributed by atoms with Gasteiger partial charge in [-0.3, -0.25) is 0 Å². The molecule has 9 heavy (non-hydrogen) atoms. The van der Waals surface area contributed by atoms with Crippen LogP contribution in [0.3, 0.4) is 0 Å². The molecule has 0 fully saturated rings. The largest absolute Gasteiger partial charge is 0.374 e. The maximum absolute atomic E-state index is 9.71. The standard InChI is InChI=1S/C6H10O3/c7-3-1-2-5-9-6-4-8/h3-4H,1-2,5-6H2. The van der Waals surface area contributed by atoms with E-state index in [9.17, 15) is 9.59 Å². The fourth-order valence-electron chi connectivity index (χ4n) is 0.400. The van der Waals surface area contributed by atoms with Crippen LogP contribution in [0.1, 0.15) is 12.8 Å². The summed E-state index contributed by atoms with van der Waals surface area (Å²) in [7, 11) is 0. The predicted molar refractivity (Wildman–Crippen MR) is 32.2 cm³/mol. The second-order valence-electron chi connectivity index (χ2n) is 1.55. The monoisotopic (exact) mass is 130 g/mol. The second kappa shape index (κ2) is 7.30. The Kier molecular flexibility index (Phi) is 6.73. The Morgan fingerprint density at radius 1 is 1.22 bits per heavy atom. The fraction of sp³-hybridized carbons (Fsp3) is 0.667. The zero-order valence-corrected chi connectivity index (χ0v) is 5.21. The summed E-state index contributed by atoms with van der Waals surface area (Å²) >= 11 is 0.